The Kier molecular flexibility index (Phi) is 24.4. The summed E-state index contributed by atoms with van der Waals surface area (Å²) < 4.78 is 27.0. The molecule has 334 valence electrons. The fraction of sp³-hybridized carbons (Fsp3) is 0.600. The zero-order valence-corrected chi connectivity index (χ0v) is 34.9. The molecular weight excluding hydrogens is 786 g/mol. The van der Waals surface area contributed by atoms with E-state index in [-0.39, 0.29) is 95.6 Å². The highest BCUT2D eigenvalue weighted by atomic mass is 16.6. The number of carbonyl (C=O) groups excluding carboxylic acids is 8. The quantitative estimate of drug-likeness (QED) is 0.0334. The van der Waals surface area contributed by atoms with Crippen molar-refractivity contribution in [2.24, 2.45) is 17.6 Å². The summed E-state index contributed by atoms with van der Waals surface area (Å²) in [5.41, 5.74) is 6.33. The second kappa shape index (κ2) is 28.9. The molecule has 1 aliphatic rings. The Balaban J connectivity index is 1.62. The number of nitrogens with zero attached hydrogens (tertiary/aromatic N) is 1. The Bertz CT molecular complexity index is 1570. The molecule has 20 nitrogen and oxygen atoms in total. The minimum Gasteiger partial charge on any atom is -0.461 e. The fourth-order valence-corrected chi connectivity index (χ4v) is 5.21. The summed E-state index contributed by atoms with van der Waals surface area (Å²) in [6.45, 7) is 9.68. The van der Waals surface area contributed by atoms with E-state index in [0.29, 0.717) is 38.5 Å². The number of amides is 8. The van der Waals surface area contributed by atoms with E-state index in [2.05, 4.69) is 26.6 Å². The fourth-order valence-electron chi connectivity index (χ4n) is 5.21. The molecule has 0 aliphatic carbocycles. The highest BCUT2D eigenvalue weighted by Gasteiger charge is 2.29. The van der Waals surface area contributed by atoms with Gasteiger partial charge in [-0.05, 0) is 36.5 Å². The van der Waals surface area contributed by atoms with Crippen LogP contribution in [0, 0.1) is 11.8 Å². The van der Waals surface area contributed by atoms with Crippen molar-refractivity contribution < 1.29 is 62.0 Å². The van der Waals surface area contributed by atoms with E-state index >= 15 is 0 Å². The number of benzene rings is 1. The maximum absolute atomic E-state index is 13.4. The first-order valence-corrected chi connectivity index (χ1v) is 20.0. The highest BCUT2D eigenvalue weighted by molar-refractivity contribution is 6.13. The number of anilines is 1. The predicted octanol–water partition coefficient (Wildman–Crippen LogP) is 0.286. The normalized spacial score (nSPS) is 13.3. The first-order valence-electron chi connectivity index (χ1n) is 20.0. The van der Waals surface area contributed by atoms with Gasteiger partial charge in [0.25, 0.3) is 11.8 Å². The van der Waals surface area contributed by atoms with E-state index in [4.69, 9.17) is 29.4 Å². The van der Waals surface area contributed by atoms with Gasteiger partial charge in [-0.1, -0.05) is 39.8 Å². The number of ether oxygens (including phenoxy) is 5. The first-order chi connectivity index (χ1) is 28.7. The minimum atomic E-state index is -1.01. The van der Waals surface area contributed by atoms with Crippen LogP contribution < -0.4 is 32.3 Å². The lowest BCUT2D eigenvalue weighted by atomic mass is 10.0. The lowest BCUT2D eigenvalue weighted by Gasteiger charge is -2.25. The van der Waals surface area contributed by atoms with Crippen LogP contribution in [0.25, 0.3) is 0 Å². The number of primary amides is 1. The van der Waals surface area contributed by atoms with E-state index in [1.165, 1.54) is 12.2 Å². The van der Waals surface area contributed by atoms with E-state index in [9.17, 15) is 38.4 Å². The van der Waals surface area contributed by atoms with E-state index in [0.717, 1.165) is 10.5 Å². The topological polar surface area (TPSA) is 272 Å². The van der Waals surface area contributed by atoms with E-state index in [1.807, 2.05) is 0 Å². The van der Waals surface area contributed by atoms with Crippen LogP contribution in [0.15, 0.2) is 36.4 Å². The Morgan fingerprint density at radius 2 is 1.27 bits per heavy atom. The van der Waals surface area contributed by atoms with E-state index in [1.54, 1.807) is 52.0 Å². The van der Waals surface area contributed by atoms with Crippen molar-refractivity contribution in [3.05, 3.63) is 42.0 Å². The molecule has 1 heterocycles. The van der Waals surface area contributed by atoms with Crippen LogP contribution in [0.3, 0.4) is 0 Å². The second-order valence-corrected chi connectivity index (χ2v) is 14.2. The number of hydrogen-bond acceptors (Lipinski definition) is 13. The molecule has 1 aromatic carbocycles. The Labute approximate surface area is 350 Å². The standard InChI is InChI=1S/C40H61N7O13/c1-27(2)36(38(53)45-31(6-5-15-43-40(41)55)37(52)44-30-9-7-29(8-10-30)26-60-39(54)28(3)4)46-33(49)14-18-56-20-22-58-24-25-59-23-21-57-19-16-42-32(48)13-17-47-34(50)11-12-35(47)51/h7-12,27-28,31,36H,5-6,13-26H2,1-4H3,(H,42,48)(H,44,52)(H,45,53)(H,46,49)(H3,41,43,55)/t31-,36?/m0/s1. The molecule has 0 fully saturated rings. The molecule has 2 atom stereocenters. The number of nitrogens with two attached hydrogens (primary N) is 1. The van der Waals surface area contributed by atoms with Crippen LogP contribution in [-0.4, -0.2) is 137 Å². The zero-order valence-electron chi connectivity index (χ0n) is 34.9. The maximum atomic E-state index is 13.4. The van der Waals surface area contributed by atoms with Crippen molar-refractivity contribution >= 4 is 53.1 Å². The van der Waals surface area contributed by atoms with Crippen molar-refractivity contribution in [2.45, 2.75) is 72.1 Å². The van der Waals surface area contributed by atoms with Crippen molar-refractivity contribution in [3.8, 4) is 0 Å². The summed E-state index contributed by atoms with van der Waals surface area (Å²) in [6, 6.07) is 4.03. The van der Waals surface area contributed by atoms with Crippen molar-refractivity contribution in [1.29, 1.82) is 0 Å². The molecule has 0 spiro atoms. The number of urea groups is 1. The van der Waals surface area contributed by atoms with Crippen LogP contribution in [0.5, 0.6) is 0 Å². The third-order valence-corrected chi connectivity index (χ3v) is 8.56. The monoisotopic (exact) mass is 847 g/mol. The summed E-state index contributed by atoms with van der Waals surface area (Å²) in [5, 5.41) is 13.3. The average Bonchev–Trinajstić information content (AvgIpc) is 3.53. The summed E-state index contributed by atoms with van der Waals surface area (Å²) >= 11 is 0. The zero-order chi connectivity index (χ0) is 44.3. The number of rotatable bonds is 31. The van der Waals surface area contributed by atoms with Gasteiger partial charge in [-0.15, -0.1) is 0 Å². The van der Waals surface area contributed by atoms with Gasteiger partial charge in [0.15, 0.2) is 0 Å². The van der Waals surface area contributed by atoms with Gasteiger partial charge in [-0.3, -0.25) is 38.5 Å². The molecule has 0 bridgehead atoms. The van der Waals surface area contributed by atoms with Crippen molar-refractivity contribution in [2.75, 3.05) is 77.8 Å². The van der Waals surface area contributed by atoms with Gasteiger partial charge >= 0.3 is 12.0 Å². The van der Waals surface area contributed by atoms with Crippen LogP contribution in [0.4, 0.5) is 10.5 Å². The smallest absolute Gasteiger partial charge is 0.312 e. The van der Waals surface area contributed by atoms with Gasteiger partial charge in [-0.2, -0.15) is 0 Å². The van der Waals surface area contributed by atoms with Gasteiger partial charge in [0.1, 0.15) is 18.7 Å². The van der Waals surface area contributed by atoms with Gasteiger partial charge in [0, 0.05) is 50.3 Å². The number of hydrogen-bond donors (Lipinski definition) is 6. The Hall–Kier alpha value is -5.44. The second-order valence-electron chi connectivity index (χ2n) is 14.2. The number of imide groups is 1. The van der Waals surface area contributed by atoms with Gasteiger partial charge < -0.3 is 56.0 Å². The molecule has 7 N–H and O–H groups in total. The molecule has 1 aromatic rings. The number of carbonyl (C=O) groups is 8. The van der Waals surface area contributed by atoms with Crippen molar-refractivity contribution in [1.82, 2.24) is 26.2 Å². The average molecular weight is 848 g/mol. The molecule has 60 heavy (non-hydrogen) atoms. The minimum absolute atomic E-state index is 0.0105. The summed E-state index contributed by atoms with van der Waals surface area (Å²) in [5.74, 6) is -3.53. The molecule has 0 saturated carbocycles. The summed E-state index contributed by atoms with van der Waals surface area (Å²) in [7, 11) is 0. The Morgan fingerprint density at radius 1 is 0.683 bits per heavy atom. The third kappa shape index (κ3) is 21.5. The van der Waals surface area contributed by atoms with Crippen LogP contribution in [-0.2, 0) is 63.9 Å². The summed E-state index contributed by atoms with van der Waals surface area (Å²) in [6.07, 6.45) is 2.82. The Morgan fingerprint density at radius 3 is 1.83 bits per heavy atom. The SMILES string of the molecule is CC(C)C(=O)OCc1ccc(NC(=O)[C@H](CCCNC(N)=O)NC(=O)C(NC(=O)CCOCCOCCOCCOCCNC(=O)CCN2C(=O)C=CC2=O)C(C)C)cc1. The number of nitrogens with one attached hydrogen (secondary N) is 5. The molecular formula is C40H61N7O13. The lowest BCUT2D eigenvalue weighted by Crippen LogP contribution is -2.54. The van der Waals surface area contributed by atoms with Crippen LogP contribution in [0.1, 0.15) is 58.9 Å². The number of esters is 1. The van der Waals surface area contributed by atoms with Gasteiger partial charge in [0.05, 0.1) is 58.8 Å². The van der Waals surface area contributed by atoms with Crippen LogP contribution in [0.2, 0.25) is 0 Å². The van der Waals surface area contributed by atoms with Gasteiger partial charge in [-0.25, -0.2) is 4.79 Å². The molecule has 20 heteroatoms. The predicted molar refractivity (Wildman–Crippen MR) is 217 cm³/mol. The molecule has 1 aliphatic heterocycles. The largest absolute Gasteiger partial charge is 0.461 e. The molecule has 0 aromatic heterocycles. The van der Waals surface area contributed by atoms with Gasteiger partial charge in [0.2, 0.25) is 23.6 Å². The first kappa shape index (κ1) is 50.7. The lowest BCUT2D eigenvalue weighted by molar-refractivity contribution is -0.148. The third-order valence-electron chi connectivity index (χ3n) is 8.56. The molecule has 2 rings (SSSR count). The van der Waals surface area contributed by atoms with E-state index < -0.39 is 47.7 Å². The molecule has 0 saturated heterocycles. The molecule has 8 amide bonds. The molecule has 0 radical (unpaired) electrons. The van der Waals surface area contributed by atoms with Crippen LogP contribution >= 0.6 is 0 Å². The highest BCUT2D eigenvalue weighted by Crippen LogP contribution is 2.13. The molecule has 1 unspecified atom stereocenters. The van der Waals surface area contributed by atoms with Crippen molar-refractivity contribution in [3.63, 3.8) is 0 Å². The maximum Gasteiger partial charge on any atom is 0.312 e. The summed E-state index contributed by atoms with van der Waals surface area (Å²) in [4.78, 5) is 98.3.